The standard InChI is InChI=1S/C55H34N2S/c1-4-18-42(46-29-28-38(40-16-2-3-17-41(40)46)35-27-30-53-50(32-35)47-21-9-10-26-52(47)58-53)43-25-12-24-37(39(43)15-1)34-13-11-14-36(31-34)51-33-56-54-48-22-7-5-19-44(48)45-20-6-8-23-49(45)55(54)57-51/h1-33,42H. The molecule has 3 heteroatoms. The summed E-state index contributed by atoms with van der Waals surface area (Å²) in [6, 6.07) is 61.9. The predicted octanol–water partition coefficient (Wildman–Crippen LogP) is 15.2. The highest BCUT2D eigenvalue weighted by Gasteiger charge is 2.22. The summed E-state index contributed by atoms with van der Waals surface area (Å²) < 4.78 is 2.66. The first kappa shape index (κ1) is 33.0. The third-order valence-electron chi connectivity index (χ3n) is 12.0. The lowest BCUT2D eigenvalue weighted by Crippen LogP contribution is -2.02. The normalized spacial score (nSPS) is 13.9. The van der Waals surface area contributed by atoms with Gasteiger partial charge in [-0.2, -0.15) is 0 Å². The molecule has 1 atom stereocenters. The van der Waals surface area contributed by atoms with E-state index in [-0.39, 0.29) is 5.92 Å². The molecule has 11 aromatic rings. The number of benzene rings is 9. The summed E-state index contributed by atoms with van der Waals surface area (Å²) in [6.07, 6.45) is 11.0. The van der Waals surface area contributed by atoms with Crippen LogP contribution < -0.4 is 0 Å². The molecule has 0 saturated heterocycles. The molecule has 2 nitrogen and oxygen atoms in total. The average molecular weight is 755 g/mol. The first-order valence-electron chi connectivity index (χ1n) is 19.8. The maximum absolute atomic E-state index is 5.31. The van der Waals surface area contributed by atoms with Gasteiger partial charge in [-0.25, -0.2) is 4.98 Å². The van der Waals surface area contributed by atoms with E-state index in [1.165, 1.54) is 75.1 Å². The molecular formula is C55H34N2S. The van der Waals surface area contributed by atoms with E-state index in [2.05, 4.69) is 194 Å². The molecule has 2 heterocycles. The first-order chi connectivity index (χ1) is 28.8. The van der Waals surface area contributed by atoms with Gasteiger partial charge in [-0.3, -0.25) is 4.98 Å². The molecule has 0 bridgehead atoms. The lowest BCUT2D eigenvalue weighted by Gasteiger charge is -2.21. The largest absolute Gasteiger partial charge is 0.252 e. The highest BCUT2D eigenvalue weighted by atomic mass is 32.1. The summed E-state index contributed by atoms with van der Waals surface area (Å²) in [6.45, 7) is 0. The van der Waals surface area contributed by atoms with Gasteiger partial charge in [-0.1, -0.05) is 170 Å². The summed E-state index contributed by atoms with van der Waals surface area (Å²) >= 11 is 1.87. The molecule has 0 aliphatic heterocycles. The molecule has 1 unspecified atom stereocenters. The molecule has 270 valence electrons. The van der Waals surface area contributed by atoms with Crippen molar-refractivity contribution in [1.82, 2.24) is 9.97 Å². The van der Waals surface area contributed by atoms with Gasteiger partial charge in [0.15, 0.2) is 0 Å². The Hall–Kier alpha value is -7.20. The maximum atomic E-state index is 5.31. The molecule has 0 radical (unpaired) electrons. The van der Waals surface area contributed by atoms with Crippen molar-refractivity contribution >= 4 is 80.9 Å². The summed E-state index contributed by atoms with van der Waals surface area (Å²) in [5.41, 5.74) is 12.5. The van der Waals surface area contributed by atoms with Gasteiger partial charge in [0.05, 0.1) is 22.9 Å². The van der Waals surface area contributed by atoms with Crippen LogP contribution >= 0.6 is 11.3 Å². The molecule has 0 N–H and O–H groups in total. The van der Waals surface area contributed by atoms with Crippen molar-refractivity contribution in [3.05, 3.63) is 211 Å². The Kier molecular flexibility index (Phi) is 7.51. The molecule has 0 amide bonds. The van der Waals surface area contributed by atoms with Gasteiger partial charge >= 0.3 is 0 Å². The van der Waals surface area contributed by atoms with Crippen LogP contribution in [0.1, 0.15) is 22.6 Å². The van der Waals surface area contributed by atoms with Crippen LogP contribution in [0.15, 0.2) is 194 Å². The number of fused-ring (bicyclic) bond motifs is 11. The van der Waals surface area contributed by atoms with Gasteiger partial charge in [0.25, 0.3) is 0 Å². The van der Waals surface area contributed by atoms with Crippen molar-refractivity contribution in [2.75, 3.05) is 0 Å². The molecule has 12 rings (SSSR count). The van der Waals surface area contributed by atoms with Crippen LogP contribution in [0.2, 0.25) is 0 Å². The lowest BCUT2D eigenvalue weighted by molar-refractivity contribution is 1.04. The average Bonchev–Trinajstić information content (AvgIpc) is 3.53. The molecule has 0 fully saturated rings. The minimum absolute atomic E-state index is 0.0739. The zero-order valence-electron chi connectivity index (χ0n) is 31.4. The van der Waals surface area contributed by atoms with Crippen molar-refractivity contribution in [1.29, 1.82) is 0 Å². The van der Waals surface area contributed by atoms with Gasteiger partial charge < -0.3 is 0 Å². The number of hydrogen-bond acceptors (Lipinski definition) is 3. The fourth-order valence-electron chi connectivity index (χ4n) is 9.34. The highest BCUT2D eigenvalue weighted by Crippen LogP contribution is 2.43. The number of thiophene rings is 1. The second kappa shape index (κ2) is 13.2. The smallest absolute Gasteiger partial charge is 0.0979 e. The molecule has 0 saturated carbocycles. The van der Waals surface area contributed by atoms with Crippen LogP contribution in [0.3, 0.4) is 0 Å². The summed E-state index contributed by atoms with van der Waals surface area (Å²) in [4.78, 5) is 10.4. The van der Waals surface area contributed by atoms with Crippen molar-refractivity contribution in [3.63, 3.8) is 0 Å². The van der Waals surface area contributed by atoms with Crippen molar-refractivity contribution in [2.45, 2.75) is 5.92 Å². The van der Waals surface area contributed by atoms with Gasteiger partial charge in [0.1, 0.15) is 0 Å². The summed E-state index contributed by atoms with van der Waals surface area (Å²) in [7, 11) is 0. The fourth-order valence-corrected chi connectivity index (χ4v) is 10.4. The SMILES string of the molecule is C1=Cc2c(-c3cccc(-c4cnc5c6ccccc6c6ccccc6c5n4)c3)cccc2C(c2ccc(-c3ccc4sc5ccccc5c4c3)c3ccccc23)C=C1. The number of rotatable bonds is 4. The third kappa shape index (κ3) is 5.17. The van der Waals surface area contributed by atoms with E-state index >= 15 is 0 Å². The Morgan fingerprint density at radius 2 is 1.09 bits per heavy atom. The second-order valence-electron chi connectivity index (χ2n) is 15.2. The van der Waals surface area contributed by atoms with Gasteiger partial charge in [0.2, 0.25) is 0 Å². The Morgan fingerprint density at radius 1 is 0.414 bits per heavy atom. The fraction of sp³-hybridized carbons (Fsp3) is 0.0182. The van der Waals surface area contributed by atoms with E-state index in [1.54, 1.807) is 0 Å². The van der Waals surface area contributed by atoms with E-state index in [0.29, 0.717) is 0 Å². The molecule has 1 aliphatic carbocycles. The molecule has 9 aromatic carbocycles. The third-order valence-corrected chi connectivity index (χ3v) is 13.2. The predicted molar refractivity (Wildman–Crippen MR) is 248 cm³/mol. The van der Waals surface area contributed by atoms with Crippen LogP contribution in [0.25, 0.3) is 103 Å². The number of nitrogens with zero attached hydrogens (tertiary/aromatic N) is 2. The van der Waals surface area contributed by atoms with E-state index in [0.717, 1.165) is 38.6 Å². The molecule has 1 aliphatic rings. The molecule has 2 aromatic heterocycles. The maximum Gasteiger partial charge on any atom is 0.0979 e. The summed E-state index contributed by atoms with van der Waals surface area (Å²) in [5, 5.41) is 9.85. The second-order valence-corrected chi connectivity index (χ2v) is 16.3. The Morgan fingerprint density at radius 3 is 1.93 bits per heavy atom. The highest BCUT2D eigenvalue weighted by molar-refractivity contribution is 7.25. The zero-order valence-corrected chi connectivity index (χ0v) is 32.2. The lowest BCUT2D eigenvalue weighted by atomic mass is 9.82. The molecule has 0 spiro atoms. The molecular weight excluding hydrogens is 721 g/mol. The zero-order chi connectivity index (χ0) is 38.2. The van der Waals surface area contributed by atoms with E-state index in [4.69, 9.17) is 9.97 Å². The number of allylic oxidation sites excluding steroid dienone is 3. The minimum Gasteiger partial charge on any atom is -0.252 e. The van der Waals surface area contributed by atoms with Crippen LogP contribution in [-0.4, -0.2) is 9.97 Å². The van der Waals surface area contributed by atoms with Crippen LogP contribution in [-0.2, 0) is 0 Å². The summed E-state index contributed by atoms with van der Waals surface area (Å²) in [5.74, 6) is 0.0739. The van der Waals surface area contributed by atoms with Gasteiger partial charge in [0, 0.05) is 42.4 Å². The first-order valence-corrected chi connectivity index (χ1v) is 20.7. The van der Waals surface area contributed by atoms with E-state index in [9.17, 15) is 0 Å². The van der Waals surface area contributed by atoms with Gasteiger partial charge in [-0.15, -0.1) is 11.3 Å². The van der Waals surface area contributed by atoms with Crippen LogP contribution in [0.4, 0.5) is 0 Å². The van der Waals surface area contributed by atoms with Gasteiger partial charge in [-0.05, 0) is 84.8 Å². The van der Waals surface area contributed by atoms with Crippen molar-refractivity contribution < 1.29 is 0 Å². The Labute approximate surface area is 339 Å². The Balaban J connectivity index is 0.960. The van der Waals surface area contributed by atoms with E-state index < -0.39 is 0 Å². The van der Waals surface area contributed by atoms with E-state index in [1.807, 2.05) is 17.5 Å². The monoisotopic (exact) mass is 754 g/mol. The van der Waals surface area contributed by atoms with Crippen molar-refractivity contribution in [2.24, 2.45) is 0 Å². The molecule has 58 heavy (non-hydrogen) atoms. The number of hydrogen-bond donors (Lipinski definition) is 0. The topological polar surface area (TPSA) is 25.8 Å². The van der Waals surface area contributed by atoms with Crippen LogP contribution in [0.5, 0.6) is 0 Å². The van der Waals surface area contributed by atoms with Crippen LogP contribution in [0, 0.1) is 0 Å². The Bertz CT molecular complexity index is 3500. The van der Waals surface area contributed by atoms with Crippen molar-refractivity contribution in [3.8, 4) is 33.5 Å². The minimum atomic E-state index is 0.0739. The quantitative estimate of drug-likeness (QED) is 0.167. The number of aromatic nitrogens is 2.